The van der Waals surface area contributed by atoms with Crippen LogP contribution in [-0.2, 0) is 18.6 Å². The summed E-state index contributed by atoms with van der Waals surface area (Å²) in [5.41, 5.74) is 3.57. The van der Waals surface area contributed by atoms with Gasteiger partial charge in [0.1, 0.15) is 17.2 Å². The van der Waals surface area contributed by atoms with Gasteiger partial charge in [0.2, 0.25) is 0 Å². The Kier molecular flexibility index (Phi) is 6.33. The van der Waals surface area contributed by atoms with E-state index < -0.39 is 5.97 Å². The van der Waals surface area contributed by atoms with Gasteiger partial charge in [-0.1, -0.05) is 24.3 Å². The average Bonchev–Trinajstić information content (AvgIpc) is 3.16. The molecular weight excluding hydrogens is 396 g/mol. The van der Waals surface area contributed by atoms with Crippen molar-refractivity contribution in [2.45, 2.75) is 38.4 Å². The number of carboxylic acids is 1. The van der Waals surface area contributed by atoms with E-state index in [1.165, 1.54) is 5.56 Å². The van der Waals surface area contributed by atoms with Crippen LogP contribution in [0, 0.1) is 0 Å². The number of carbonyl (C=O) groups excluding carboxylic acids is 1. The number of hydrogen-bond donors (Lipinski definition) is 1. The summed E-state index contributed by atoms with van der Waals surface area (Å²) in [6, 6.07) is 16.0. The van der Waals surface area contributed by atoms with Gasteiger partial charge in [0.25, 0.3) is 5.01 Å². The van der Waals surface area contributed by atoms with Gasteiger partial charge in [0, 0.05) is 29.1 Å². The number of carbonyl (C=O) groups is 1. The highest BCUT2D eigenvalue weighted by Crippen LogP contribution is 2.41. The number of aryl methyl sites for hydroxylation is 1. The molecule has 1 unspecified atom stereocenters. The van der Waals surface area contributed by atoms with E-state index in [9.17, 15) is 9.90 Å². The van der Waals surface area contributed by atoms with E-state index >= 15 is 0 Å². The van der Waals surface area contributed by atoms with Gasteiger partial charge in [-0.15, -0.1) is 0 Å². The van der Waals surface area contributed by atoms with E-state index in [-0.39, 0.29) is 16.2 Å². The van der Waals surface area contributed by atoms with Crippen molar-refractivity contribution >= 4 is 22.1 Å². The molecule has 1 atom stereocenters. The number of benzene rings is 2. The Balaban J connectivity index is 1.57. The molecule has 0 saturated carbocycles. The standard InChI is InChI=1S/C24H26N2O3S/c1-2-30-21(11-7-15-29-19-9-4-3-5-10-19)22(24(27)28)26-23(30)18-13-12-17-8-6-14-25-20(17)16-18/h3-5,9-10,12-13,16,25H,2,6-8,11,14-15H2,1H3. The van der Waals surface area contributed by atoms with Crippen molar-refractivity contribution in [3.63, 3.8) is 0 Å². The molecule has 0 amide bonds. The summed E-state index contributed by atoms with van der Waals surface area (Å²) >= 11 is 0. The monoisotopic (exact) mass is 422 g/mol. The van der Waals surface area contributed by atoms with Crippen LogP contribution in [0.25, 0.3) is 10.6 Å². The largest absolute Gasteiger partial charge is 0.543 e. The maximum atomic E-state index is 11.8. The van der Waals surface area contributed by atoms with Crippen LogP contribution in [0.4, 0.5) is 5.69 Å². The Labute approximate surface area is 179 Å². The van der Waals surface area contributed by atoms with Crippen LogP contribution in [0.15, 0.2) is 48.5 Å². The Morgan fingerprint density at radius 2 is 2.07 bits per heavy atom. The van der Waals surface area contributed by atoms with E-state index in [1.54, 1.807) is 0 Å². The normalized spacial score (nSPS) is 13.4. The molecule has 2 heterocycles. The summed E-state index contributed by atoms with van der Waals surface area (Å²) in [6.07, 6.45) is 3.59. The van der Waals surface area contributed by atoms with Gasteiger partial charge in [-0.2, -0.15) is 4.98 Å². The van der Waals surface area contributed by atoms with Crippen molar-refractivity contribution in [3.05, 3.63) is 64.7 Å². The lowest BCUT2D eigenvalue weighted by molar-refractivity contribution is -0.255. The summed E-state index contributed by atoms with van der Waals surface area (Å²) in [6.45, 7) is 3.60. The number of thiazole rings is 1. The Morgan fingerprint density at radius 1 is 1.23 bits per heavy atom. The van der Waals surface area contributed by atoms with Gasteiger partial charge in [-0.05, 0) is 56.0 Å². The van der Waals surface area contributed by atoms with E-state index in [0.29, 0.717) is 13.0 Å². The summed E-state index contributed by atoms with van der Waals surface area (Å²) in [5, 5.41) is 16.1. The first kappa shape index (κ1) is 20.4. The summed E-state index contributed by atoms with van der Waals surface area (Å²) in [7, 11) is -0.335. The van der Waals surface area contributed by atoms with Gasteiger partial charge in [-0.3, -0.25) is 0 Å². The number of aromatic nitrogens is 1. The molecule has 6 heteroatoms. The lowest BCUT2D eigenvalue weighted by Crippen LogP contribution is -2.24. The topological polar surface area (TPSA) is 74.3 Å². The number of aromatic carboxylic acids is 1. The second kappa shape index (κ2) is 9.30. The van der Waals surface area contributed by atoms with Crippen molar-refractivity contribution in [3.8, 4) is 16.3 Å². The second-order valence-electron chi connectivity index (χ2n) is 7.32. The fourth-order valence-corrected chi connectivity index (χ4v) is 6.13. The molecule has 4 rings (SSSR count). The number of rotatable bonds is 8. The molecule has 0 aliphatic carbocycles. The summed E-state index contributed by atoms with van der Waals surface area (Å²) in [5.74, 6) is 0.465. The van der Waals surface area contributed by atoms with Gasteiger partial charge >= 0.3 is 0 Å². The predicted octanol–water partition coefficient (Wildman–Crippen LogP) is 4.25. The van der Waals surface area contributed by atoms with Crippen molar-refractivity contribution in [1.29, 1.82) is 0 Å². The van der Waals surface area contributed by atoms with Crippen molar-refractivity contribution in [2.75, 3.05) is 18.5 Å². The van der Waals surface area contributed by atoms with Gasteiger partial charge in [0.05, 0.1) is 18.1 Å². The number of nitrogens with zero attached hydrogens (tertiary/aromatic N) is 1. The Morgan fingerprint density at radius 3 is 2.83 bits per heavy atom. The molecule has 0 radical (unpaired) electrons. The molecule has 0 spiro atoms. The molecule has 3 aromatic rings. The second-order valence-corrected chi connectivity index (χ2v) is 9.56. The van der Waals surface area contributed by atoms with Crippen LogP contribution in [0.2, 0.25) is 0 Å². The fraction of sp³-hybridized carbons (Fsp3) is 0.333. The van der Waals surface area contributed by atoms with E-state index in [1.807, 2.05) is 30.3 Å². The Bertz CT molecular complexity index is 1030. The minimum atomic E-state index is -1.19. The fourth-order valence-electron chi connectivity index (χ4n) is 3.90. The molecular formula is C24H26N2O3S. The maximum absolute atomic E-state index is 11.8. The lowest BCUT2D eigenvalue weighted by atomic mass is 10.0. The zero-order chi connectivity index (χ0) is 20.9. The molecule has 1 aliphatic heterocycles. The summed E-state index contributed by atoms with van der Waals surface area (Å²) < 4.78 is 5.78. The van der Waals surface area contributed by atoms with Gasteiger partial charge in [0.15, 0.2) is 4.88 Å². The SMILES string of the molecule is CC[s+]1c(-c2ccc3c(c2)NCCC3)nc(C(=O)[O-])c1CCCOc1ccccc1. The Hall–Kier alpha value is -2.86. The minimum Gasteiger partial charge on any atom is -0.543 e. The highest BCUT2D eigenvalue weighted by molar-refractivity contribution is 7.33. The highest BCUT2D eigenvalue weighted by Gasteiger charge is 2.29. The third-order valence-electron chi connectivity index (χ3n) is 5.35. The molecule has 0 saturated heterocycles. The van der Waals surface area contributed by atoms with E-state index in [0.717, 1.165) is 58.4 Å². The number of fused-ring (bicyclic) bond motifs is 1. The number of ether oxygens (including phenoxy) is 1. The van der Waals surface area contributed by atoms with Crippen LogP contribution in [0.5, 0.6) is 5.75 Å². The smallest absolute Gasteiger partial charge is 0.274 e. The van der Waals surface area contributed by atoms with E-state index in [2.05, 4.69) is 35.4 Å². The third-order valence-corrected chi connectivity index (χ3v) is 7.71. The molecule has 30 heavy (non-hydrogen) atoms. The number of nitrogens with one attached hydrogen (secondary N) is 1. The number of hydrogen-bond acceptors (Lipinski definition) is 5. The molecule has 0 bridgehead atoms. The van der Waals surface area contributed by atoms with Crippen LogP contribution < -0.4 is 15.2 Å². The number of para-hydroxylation sites is 1. The van der Waals surface area contributed by atoms with Crippen LogP contribution in [-0.4, -0.2) is 24.1 Å². The third kappa shape index (κ3) is 4.33. The van der Waals surface area contributed by atoms with E-state index in [4.69, 9.17) is 4.74 Å². The highest BCUT2D eigenvalue weighted by atomic mass is 32.2. The maximum Gasteiger partial charge on any atom is 0.274 e. The lowest BCUT2D eigenvalue weighted by Gasteiger charge is -2.17. The average molecular weight is 423 g/mol. The van der Waals surface area contributed by atoms with Crippen LogP contribution in [0.1, 0.15) is 40.7 Å². The zero-order valence-electron chi connectivity index (χ0n) is 17.1. The predicted molar refractivity (Wildman–Crippen MR) is 119 cm³/mol. The quantitative estimate of drug-likeness (QED) is 0.434. The molecule has 1 aromatic heterocycles. The van der Waals surface area contributed by atoms with Crippen molar-refractivity contribution < 1.29 is 14.6 Å². The molecule has 0 fully saturated rings. The van der Waals surface area contributed by atoms with Gasteiger partial charge < -0.3 is 20.0 Å². The first-order valence-electron chi connectivity index (χ1n) is 10.5. The first-order valence-corrected chi connectivity index (χ1v) is 11.9. The number of anilines is 1. The van der Waals surface area contributed by atoms with Crippen LogP contribution in [0.3, 0.4) is 0 Å². The molecule has 2 aromatic carbocycles. The molecule has 1 aliphatic rings. The molecule has 5 nitrogen and oxygen atoms in total. The summed E-state index contributed by atoms with van der Waals surface area (Å²) in [4.78, 5) is 17.3. The first-order chi connectivity index (χ1) is 14.7. The molecule has 156 valence electrons. The van der Waals surface area contributed by atoms with Gasteiger partial charge in [-0.25, -0.2) is 0 Å². The number of carboxylic acid groups (broad SMARTS) is 1. The van der Waals surface area contributed by atoms with Crippen LogP contribution >= 0.6 is 10.5 Å². The van der Waals surface area contributed by atoms with Crippen molar-refractivity contribution in [1.82, 2.24) is 4.98 Å². The van der Waals surface area contributed by atoms with Crippen molar-refractivity contribution in [2.24, 2.45) is 0 Å². The minimum absolute atomic E-state index is 0.112. The zero-order valence-corrected chi connectivity index (χ0v) is 18.0. The molecule has 1 N–H and O–H groups in total.